The highest BCUT2D eigenvalue weighted by molar-refractivity contribution is 6.31. The molecule has 0 amide bonds. The molecule has 4 heteroatoms. The summed E-state index contributed by atoms with van der Waals surface area (Å²) in [6, 6.07) is 7.89. The molecule has 2 rings (SSSR count). The van der Waals surface area contributed by atoms with Gasteiger partial charge in [0.1, 0.15) is 12.1 Å². The summed E-state index contributed by atoms with van der Waals surface area (Å²) in [5.41, 5.74) is 2.96. The van der Waals surface area contributed by atoms with Crippen LogP contribution in [0.4, 0.5) is 5.82 Å². The molecular formula is C14H16ClN3. The molecule has 0 aliphatic rings. The topological polar surface area (TPSA) is 37.8 Å². The molecule has 0 fully saturated rings. The van der Waals surface area contributed by atoms with Gasteiger partial charge < -0.3 is 5.32 Å². The highest BCUT2D eigenvalue weighted by Gasteiger charge is 2.03. The zero-order chi connectivity index (χ0) is 13.0. The summed E-state index contributed by atoms with van der Waals surface area (Å²) in [4.78, 5) is 8.47. The second-order valence-corrected chi connectivity index (χ2v) is 4.59. The van der Waals surface area contributed by atoms with E-state index in [4.69, 9.17) is 11.6 Å². The van der Waals surface area contributed by atoms with Crippen LogP contribution in [0.15, 0.2) is 30.6 Å². The van der Waals surface area contributed by atoms with Crippen LogP contribution in [0.2, 0.25) is 5.02 Å². The van der Waals surface area contributed by atoms with E-state index in [0.29, 0.717) is 0 Å². The average Bonchev–Trinajstić information content (AvgIpc) is 2.40. The maximum Gasteiger partial charge on any atom is 0.129 e. The van der Waals surface area contributed by atoms with Gasteiger partial charge in [-0.15, -0.1) is 0 Å². The van der Waals surface area contributed by atoms with E-state index in [1.54, 1.807) is 6.33 Å². The zero-order valence-electron chi connectivity index (χ0n) is 10.6. The van der Waals surface area contributed by atoms with E-state index in [1.807, 2.05) is 31.2 Å². The van der Waals surface area contributed by atoms with Gasteiger partial charge in [-0.1, -0.05) is 30.7 Å². The van der Waals surface area contributed by atoms with E-state index < -0.39 is 0 Å². The Hall–Kier alpha value is -1.61. The summed E-state index contributed by atoms with van der Waals surface area (Å²) >= 11 is 6.13. The standard InChI is InChI=1S/C14H16ClN3/c1-3-6-16-14-8-13(17-9-18-14)11-5-4-10(2)12(15)7-11/h4-5,7-9H,3,6H2,1-2H3,(H,16,17,18). The number of halogens is 1. The number of hydrogen-bond acceptors (Lipinski definition) is 3. The lowest BCUT2D eigenvalue weighted by Gasteiger charge is -2.07. The van der Waals surface area contributed by atoms with E-state index in [9.17, 15) is 0 Å². The van der Waals surface area contributed by atoms with Gasteiger partial charge in [0.15, 0.2) is 0 Å². The molecule has 1 aromatic carbocycles. The van der Waals surface area contributed by atoms with Crippen molar-refractivity contribution < 1.29 is 0 Å². The number of hydrogen-bond donors (Lipinski definition) is 1. The third-order valence-electron chi connectivity index (χ3n) is 2.69. The fourth-order valence-corrected chi connectivity index (χ4v) is 1.80. The van der Waals surface area contributed by atoms with Crippen LogP contribution in [0.3, 0.4) is 0 Å². The summed E-state index contributed by atoms with van der Waals surface area (Å²) in [5, 5.41) is 4.00. The summed E-state index contributed by atoms with van der Waals surface area (Å²) < 4.78 is 0. The van der Waals surface area contributed by atoms with Gasteiger partial charge in [-0.2, -0.15) is 0 Å². The minimum Gasteiger partial charge on any atom is -0.370 e. The maximum absolute atomic E-state index is 6.13. The second kappa shape index (κ2) is 5.83. The van der Waals surface area contributed by atoms with Crippen LogP contribution in [-0.4, -0.2) is 16.5 Å². The molecule has 1 aromatic heterocycles. The minimum absolute atomic E-state index is 0.758. The number of aryl methyl sites for hydroxylation is 1. The van der Waals surface area contributed by atoms with Crippen LogP contribution in [0.25, 0.3) is 11.3 Å². The average molecular weight is 262 g/mol. The lowest BCUT2D eigenvalue weighted by Crippen LogP contribution is -2.02. The number of aromatic nitrogens is 2. The van der Waals surface area contributed by atoms with Crippen LogP contribution in [0.1, 0.15) is 18.9 Å². The molecular weight excluding hydrogens is 246 g/mol. The summed E-state index contributed by atoms with van der Waals surface area (Å²) in [6.45, 7) is 5.01. The largest absolute Gasteiger partial charge is 0.370 e. The first-order chi connectivity index (χ1) is 8.70. The first-order valence-electron chi connectivity index (χ1n) is 6.03. The van der Waals surface area contributed by atoms with Gasteiger partial charge in [-0.05, 0) is 25.0 Å². The number of benzene rings is 1. The molecule has 0 saturated heterocycles. The quantitative estimate of drug-likeness (QED) is 0.906. The molecule has 3 nitrogen and oxygen atoms in total. The Kier molecular flexibility index (Phi) is 4.15. The lowest BCUT2D eigenvalue weighted by atomic mass is 10.1. The van der Waals surface area contributed by atoms with Gasteiger partial charge in [-0.3, -0.25) is 0 Å². The van der Waals surface area contributed by atoms with Crippen molar-refractivity contribution in [2.75, 3.05) is 11.9 Å². The van der Waals surface area contributed by atoms with Crippen LogP contribution >= 0.6 is 11.6 Å². The molecule has 94 valence electrons. The summed E-state index contributed by atoms with van der Waals surface area (Å²) in [6.07, 6.45) is 2.64. The van der Waals surface area contributed by atoms with Crippen molar-refractivity contribution in [3.63, 3.8) is 0 Å². The molecule has 1 N–H and O–H groups in total. The number of nitrogens with one attached hydrogen (secondary N) is 1. The monoisotopic (exact) mass is 261 g/mol. The number of rotatable bonds is 4. The minimum atomic E-state index is 0.758. The van der Waals surface area contributed by atoms with Crippen molar-refractivity contribution in [2.45, 2.75) is 20.3 Å². The molecule has 0 saturated carbocycles. The molecule has 1 heterocycles. The van der Waals surface area contributed by atoms with Gasteiger partial charge in [0.2, 0.25) is 0 Å². The Balaban J connectivity index is 2.29. The Labute approximate surface area is 112 Å². The first-order valence-corrected chi connectivity index (χ1v) is 6.41. The predicted octanol–water partition coefficient (Wildman–Crippen LogP) is 3.93. The zero-order valence-corrected chi connectivity index (χ0v) is 11.3. The van der Waals surface area contributed by atoms with Gasteiger partial charge in [0.05, 0.1) is 5.69 Å². The van der Waals surface area contributed by atoms with Crippen LogP contribution in [0, 0.1) is 6.92 Å². The van der Waals surface area contributed by atoms with E-state index in [-0.39, 0.29) is 0 Å². The van der Waals surface area contributed by atoms with E-state index >= 15 is 0 Å². The van der Waals surface area contributed by atoms with Crippen LogP contribution in [-0.2, 0) is 0 Å². The van der Waals surface area contributed by atoms with Gasteiger partial charge in [-0.25, -0.2) is 9.97 Å². The fraction of sp³-hybridized carbons (Fsp3) is 0.286. The number of nitrogens with zero attached hydrogens (tertiary/aromatic N) is 2. The molecule has 0 aliphatic carbocycles. The smallest absolute Gasteiger partial charge is 0.129 e. The van der Waals surface area contributed by atoms with Gasteiger partial charge in [0, 0.05) is 23.2 Å². The van der Waals surface area contributed by atoms with Gasteiger partial charge >= 0.3 is 0 Å². The SMILES string of the molecule is CCCNc1cc(-c2ccc(C)c(Cl)c2)ncn1. The molecule has 0 unspecified atom stereocenters. The summed E-state index contributed by atoms with van der Waals surface area (Å²) in [5.74, 6) is 0.846. The Morgan fingerprint density at radius 2 is 2.06 bits per heavy atom. The summed E-state index contributed by atoms with van der Waals surface area (Å²) in [7, 11) is 0. The first kappa shape index (κ1) is 12.8. The predicted molar refractivity (Wildman–Crippen MR) is 76.0 cm³/mol. The van der Waals surface area contributed by atoms with Crippen LogP contribution < -0.4 is 5.32 Å². The molecule has 0 bridgehead atoms. The third kappa shape index (κ3) is 2.99. The van der Waals surface area contributed by atoms with Crippen molar-refractivity contribution in [1.29, 1.82) is 0 Å². The van der Waals surface area contributed by atoms with Crippen molar-refractivity contribution in [1.82, 2.24) is 9.97 Å². The Morgan fingerprint density at radius 1 is 1.22 bits per heavy atom. The molecule has 0 aliphatic heterocycles. The van der Waals surface area contributed by atoms with E-state index in [2.05, 4.69) is 22.2 Å². The molecule has 2 aromatic rings. The Bertz CT molecular complexity index is 540. The number of anilines is 1. The lowest BCUT2D eigenvalue weighted by molar-refractivity contribution is 0.965. The van der Waals surface area contributed by atoms with E-state index in [1.165, 1.54) is 0 Å². The highest BCUT2D eigenvalue weighted by atomic mass is 35.5. The highest BCUT2D eigenvalue weighted by Crippen LogP contribution is 2.24. The Morgan fingerprint density at radius 3 is 2.78 bits per heavy atom. The fourth-order valence-electron chi connectivity index (χ4n) is 1.62. The second-order valence-electron chi connectivity index (χ2n) is 4.18. The van der Waals surface area contributed by atoms with Crippen molar-refractivity contribution in [2.24, 2.45) is 0 Å². The van der Waals surface area contributed by atoms with Crippen molar-refractivity contribution >= 4 is 17.4 Å². The normalized spacial score (nSPS) is 10.4. The van der Waals surface area contributed by atoms with Crippen molar-refractivity contribution in [3.05, 3.63) is 41.2 Å². The van der Waals surface area contributed by atoms with E-state index in [0.717, 1.165) is 40.6 Å². The van der Waals surface area contributed by atoms with Gasteiger partial charge in [0.25, 0.3) is 0 Å². The molecule has 0 atom stereocenters. The molecule has 0 spiro atoms. The van der Waals surface area contributed by atoms with Crippen molar-refractivity contribution in [3.8, 4) is 11.3 Å². The molecule has 18 heavy (non-hydrogen) atoms. The van der Waals surface area contributed by atoms with Crippen LogP contribution in [0.5, 0.6) is 0 Å². The maximum atomic E-state index is 6.13. The third-order valence-corrected chi connectivity index (χ3v) is 3.10. The molecule has 0 radical (unpaired) electrons.